The minimum atomic E-state index is -0.482. The van der Waals surface area contributed by atoms with Gasteiger partial charge in [-0.25, -0.2) is 0 Å². The summed E-state index contributed by atoms with van der Waals surface area (Å²) in [6, 6.07) is 0. The molecule has 1 rings (SSSR count). The first-order valence-corrected chi connectivity index (χ1v) is 5.51. The minimum Gasteiger partial charge on any atom is -0.343 e. The second kappa shape index (κ2) is 4.64. The molecule has 1 saturated heterocycles. The normalized spacial score (nSPS) is 17.4. The summed E-state index contributed by atoms with van der Waals surface area (Å²) in [5.74, 6) is -0.867. The first-order valence-electron chi connectivity index (χ1n) is 5.51. The van der Waals surface area contributed by atoms with Gasteiger partial charge in [0, 0.05) is 18.6 Å². The van der Waals surface area contributed by atoms with Gasteiger partial charge in [0.15, 0.2) is 0 Å². The van der Waals surface area contributed by atoms with Crippen molar-refractivity contribution in [2.75, 3.05) is 13.1 Å². The topological polar surface area (TPSA) is 49.4 Å². The highest BCUT2D eigenvalue weighted by Gasteiger charge is 2.25. The summed E-state index contributed by atoms with van der Waals surface area (Å²) < 4.78 is 0. The molecule has 1 aliphatic heterocycles. The monoisotopic (exact) mass is 212 g/mol. The number of amides is 2. The van der Waals surface area contributed by atoms with E-state index in [4.69, 9.17) is 0 Å². The number of nitrogens with one attached hydrogen (secondary N) is 1. The first kappa shape index (κ1) is 12.0. The van der Waals surface area contributed by atoms with Crippen molar-refractivity contribution in [3.05, 3.63) is 0 Å². The molecule has 0 bridgehead atoms. The van der Waals surface area contributed by atoms with E-state index in [0.29, 0.717) is 0 Å². The fourth-order valence-corrected chi connectivity index (χ4v) is 1.63. The molecule has 4 nitrogen and oxygen atoms in total. The van der Waals surface area contributed by atoms with Gasteiger partial charge in [0.1, 0.15) is 0 Å². The molecule has 0 spiro atoms. The Morgan fingerprint density at radius 1 is 1.07 bits per heavy atom. The van der Waals surface area contributed by atoms with Crippen LogP contribution in [0.15, 0.2) is 0 Å². The second-order valence-electron chi connectivity index (χ2n) is 5.06. The molecule has 4 heteroatoms. The molecule has 0 unspecified atom stereocenters. The molecule has 0 aromatic carbocycles. The van der Waals surface area contributed by atoms with Crippen LogP contribution in [0.3, 0.4) is 0 Å². The van der Waals surface area contributed by atoms with Gasteiger partial charge in [-0.2, -0.15) is 0 Å². The van der Waals surface area contributed by atoms with Gasteiger partial charge >= 0.3 is 11.8 Å². The Balaban J connectivity index is 2.48. The fraction of sp³-hybridized carbons (Fsp3) is 0.818. The largest absolute Gasteiger partial charge is 0.343 e. The van der Waals surface area contributed by atoms with Gasteiger partial charge in [0.05, 0.1) is 0 Å². The number of likely N-dealkylation sites (tertiary alicyclic amines) is 1. The van der Waals surface area contributed by atoms with Crippen LogP contribution in [-0.4, -0.2) is 35.3 Å². The van der Waals surface area contributed by atoms with Crippen LogP contribution < -0.4 is 5.32 Å². The fourth-order valence-electron chi connectivity index (χ4n) is 1.63. The van der Waals surface area contributed by atoms with Gasteiger partial charge in [0.2, 0.25) is 0 Å². The zero-order valence-corrected chi connectivity index (χ0v) is 9.80. The van der Waals surface area contributed by atoms with Gasteiger partial charge in [-0.1, -0.05) is 0 Å². The lowest BCUT2D eigenvalue weighted by Crippen LogP contribution is -2.50. The third-order valence-electron chi connectivity index (χ3n) is 2.33. The molecule has 1 fully saturated rings. The predicted octanol–water partition coefficient (Wildman–Crippen LogP) is 0.914. The smallest absolute Gasteiger partial charge is 0.311 e. The molecule has 2 amide bonds. The molecule has 0 aromatic heterocycles. The van der Waals surface area contributed by atoms with E-state index in [1.165, 1.54) is 0 Å². The molecular weight excluding hydrogens is 192 g/mol. The highest BCUT2D eigenvalue weighted by Crippen LogP contribution is 2.09. The van der Waals surface area contributed by atoms with Crippen molar-refractivity contribution in [2.45, 2.75) is 45.6 Å². The summed E-state index contributed by atoms with van der Waals surface area (Å²) in [4.78, 5) is 24.9. The van der Waals surface area contributed by atoms with Crippen LogP contribution >= 0.6 is 0 Å². The summed E-state index contributed by atoms with van der Waals surface area (Å²) in [5, 5.41) is 2.69. The van der Waals surface area contributed by atoms with Gasteiger partial charge in [-0.05, 0) is 40.0 Å². The number of hydrogen-bond acceptors (Lipinski definition) is 2. The second-order valence-corrected chi connectivity index (χ2v) is 5.06. The minimum absolute atomic E-state index is 0.345. The molecule has 0 saturated carbocycles. The van der Waals surface area contributed by atoms with Crippen molar-refractivity contribution in [1.29, 1.82) is 0 Å². The molecule has 0 radical (unpaired) electrons. The molecule has 0 aliphatic carbocycles. The van der Waals surface area contributed by atoms with Gasteiger partial charge in [-0.15, -0.1) is 0 Å². The van der Waals surface area contributed by atoms with E-state index >= 15 is 0 Å². The number of carbonyl (C=O) groups is 2. The number of rotatable bonds is 0. The van der Waals surface area contributed by atoms with Crippen LogP contribution in [0.25, 0.3) is 0 Å². The Labute approximate surface area is 91.0 Å². The van der Waals surface area contributed by atoms with E-state index in [1.54, 1.807) is 4.90 Å². The lowest BCUT2D eigenvalue weighted by Gasteiger charge is -2.28. The van der Waals surface area contributed by atoms with E-state index in [1.807, 2.05) is 20.8 Å². The van der Waals surface area contributed by atoms with Crippen molar-refractivity contribution in [3.8, 4) is 0 Å². The third-order valence-corrected chi connectivity index (χ3v) is 2.33. The van der Waals surface area contributed by atoms with Crippen molar-refractivity contribution < 1.29 is 9.59 Å². The molecule has 0 aromatic rings. The lowest BCUT2D eigenvalue weighted by atomic mass is 10.1. The zero-order chi connectivity index (χ0) is 11.5. The quantitative estimate of drug-likeness (QED) is 0.607. The summed E-state index contributed by atoms with van der Waals surface area (Å²) in [6.45, 7) is 7.05. The van der Waals surface area contributed by atoms with Crippen molar-refractivity contribution in [3.63, 3.8) is 0 Å². The highest BCUT2D eigenvalue weighted by atomic mass is 16.2. The molecule has 86 valence electrons. The molecular formula is C11H20N2O2. The zero-order valence-electron chi connectivity index (χ0n) is 9.80. The van der Waals surface area contributed by atoms with Crippen LogP contribution in [-0.2, 0) is 9.59 Å². The Bertz CT molecular complexity index is 250. The molecule has 1 N–H and O–H groups in total. The average molecular weight is 212 g/mol. The third kappa shape index (κ3) is 3.90. The van der Waals surface area contributed by atoms with Crippen molar-refractivity contribution in [1.82, 2.24) is 10.2 Å². The van der Waals surface area contributed by atoms with E-state index in [9.17, 15) is 9.59 Å². The summed E-state index contributed by atoms with van der Waals surface area (Å²) in [6.07, 6.45) is 3.17. The van der Waals surface area contributed by atoms with Crippen LogP contribution in [0.2, 0.25) is 0 Å². The van der Waals surface area contributed by atoms with Crippen LogP contribution in [0, 0.1) is 0 Å². The summed E-state index contributed by atoms with van der Waals surface area (Å²) in [7, 11) is 0. The van der Waals surface area contributed by atoms with E-state index < -0.39 is 5.91 Å². The SMILES string of the molecule is CC(C)(C)NC(=O)C(=O)N1CCCCC1. The molecule has 0 atom stereocenters. The van der Waals surface area contributed by atoms with E-state index in [-0.39, 0.29) is 11.4 Å². The Morgan fingerprint density at radius 2 is 1.60 bits per heavy atom. The maximum atomic E-state index is 11.7. The van der Waals surface area contributed by atoms with Crippen molar-refractivity contribution >= 4 is 11.8 Å². The molecule has 1 aliphatic rings. The van der Waals surface area contributed by atoms with Crippen LogP contribution in [0.1, 0.15) is 40.0 Å². The number of nitrogens with zero attached hydrogens (tertiary/aromatic N) is 1. The highest BCUT2D eigenvalue weighted by molar-refractivity contribution is 6.35. The maximum Gasteiger partial charge on any atom is 0.311 e. The number of carbonyl (C=O) groups excluding carboxylic acids is 2. The Kier molecular flexibility index (Phi) is 3.72. The van der Waals surface area contributed by atoms with Crippen LogP contribution in [0.4, 0.5) is 0 Å². The number of piperidine rings is 1. The van der Waals surface area contributed by atoms with E-state index in [2.05, 4.69) is 5.32 Å². The van der Waals surface area contributed by atoms with Gasteiger partial charge in [0.25, 0.3) is 0 Å². The average Bonchev–Trinajstić information content (AvgIpc) is 2.15. The Hall–Kier alpha value is -1.06. The standard InChI is InChI=1S/C11H20N2O2/c1-11(2,3)12-9(14)10(15)13-7-5-4-6-8-13/h4-8H2,1-3H3,(H,12,14). The molecule has 15 heavy (non-hydrogen) atoms. The summed E-state index contributed by atoms with van der Waals surface area (Å²) in [5.41, 5.74) is -0.345. The van der Waals surface area contributed by atoms with Gasteiger partial charge in [-0.3, -0.25) is 9.59 Å². The lowest BCUT2D eigenvalue weighted by molar-refractivity contribution is -0.147. The maximum absolute atomic E-state index is 11.7. The molecule has 1 heterocycles. The predicted molar refractivity (Wildman–Crippen MR) is 58.3 cm³/mol. The number of hydrogen-bond donors (Lipinski definition) is 1. The van der Waals surface area contributed by atoms with Crippen LogP contribution in [0.5, 0.6) is 0 Å². The summed E-state index contributed by atoms with van der Waals surface area (Å²) >= 11 is 0. The van der Waals surface area contributed by atoms with Gasteiger partial charge < -0.3 is 10.2 Å². The van der Waals surface area contributed by atoms with Crippen molar-refractivity contribution in [2.24, 2.45) is 0 Å². The first-order chi connectivity index (χ1) is 6.90. The Morgan fingerprint density at radius 3 is 2.07 bits per heavy atom. The van der Waals surface area contributed by atoms with E-state index in [0.717, 1.165) is 32.4 Å².